The fourth-order valence-corrected chi connectivity index (χ4v) is 2.81. The quantitative estimate of drug-likeness (QED) is 0.297. The lowest BCUT2D eigenvalue weighted by Crippen LogP contribution is -2.37. The third-order valence-corrected chi connectivity index (χ3v) is 4.40. The summed E-state index contributed by atoms with van der Waals surface area (Å²) in [5.41, 5.74) is 2.25. The highest BCUT2D eigenvalue weighted by Gasteiger charge is 2.18. The van der Waals surface area contributed by atoms with E-state index in [-0.39, 0.29) is 12.1 Å². The van der Waals surface area contributed by atoms with Crippen LogP contribution in [0.4, 0.5) is 0 Å². The highest BCUT2D eigenvalue weighted by Crippen LogP contribution is 2.23. The maximum absolute atomic E-state index is 11.1. The van der Waals surface area contributed by atoms with Crippen LogP contribution >= 0.6 is 0 Å². The van der Waals surface area contributed by atoms with E-state index in [0.717, 1.165) is 49.7 Å². The zero-order valence-electron chi connectivity index (χ0n) is 16.5. The Hall–Kier alpha value is -2.28. The number of benzene rings is 1. The van der Waals surface area contributed by atoms with Gasteiger partial charge in [-0.15, -0.1) is 0 Å². The van der Waals surface area contributed by atoms with Crippen LogP contribution in [0.5, 0.6) is 5.75 Å². The van der Waals surface area contributed by atoms with Crippen LogP contribution in [-0.2, 0) is 20.8 Å². The van der Waals surface area contributed by atoms with E-state index in [2.05, 4.69) is 45.5 Å². The number of carbonyl (C=O) groups excluding carboxylic acids is 1. The minimum Gasteiger partial charge on any atom is -0.488 e. The zero-order valence-corrected chi connectivity index (χ0v) is 16.5. The van der Waals surface area contributed by atoms with Crippen LogP contribution < -0.4 is 15.4 Å². The minimum atomic E-state index is -0.169. The number of nitrogens with one attached hydrogen (secondary N) is 2. The van der Waals surface area contributed by atoms with Crippen molar-refractivity contribution in [2.45, 2.75) is 45.3 Å². The first-order valence-electron chi connectivity index (χ1n) is 9.47. The number of rotatable bonds is 9. The average molecular weight is 377 g/mol. The maximum Gasteiger partial charge on any atom is 0.305 e. The molecule has 0 aliphatic carbocycles. The first-order chi connectivity index (χ1) is 13.1. The topological polar surface area (TPSA) is 81.2 Å². The Balaban J connectivity index is 1.80. The van der Waals surface area contributed by atoms with E-state index in [1.807, 2.05) is 0 Å². The predicted octanol–water partition coefficient (Wildman–Crippen LogP) is 2.17. The molecule has 0 amide bonds. The summed E-state index contributed by atoms with van der Waals surface area (Å²) < 4.78 is 16.2. The first-order valence-corrected chi connectivity index (χ1v) is 9.47. The molecule has 0 bridgehead atoms. The maximum atomic E-state index is 11.1. The third-order valence-electron chi connectivity index (χ3n) is 4.40. The van der Waals surface area contributed by atoms with Gasteiger partial charge in [0, 0.05) is 38.5 Å². The van der Waals surface area contributed by atoms with E-state index in [4.69, 9.17) is 9.47 Å². The van der Waals surface area contributed by atoms with Crippen molar-refractivity contribution < 1.29 is 19.0 Å². The Labute approximate surface area is 161 Å². The van der Waals surface area contributed by atoms with E-state index < -0.39 is 0 Å². The van der Waals surface area contributed by atoms with E-state index in [9.17, 15) is 4.79 Å². The van der Waals surface area contributed by atoms with Gasteiger partial charge in [0.2, 0.25) is 0 Å². The number of unbranched alkanes of at least 4 members (excludes halogenated alkanes) is 1. The van der Waals surface area contributed by atoms with Gasteiger partial charge >= 0.3 is 5.97 Å². The average Bonchev–Trinajstić information content (AvgIpc) is 3.18. The molecule has 2 rings (SSSR count). The van der Waals surface area contributed by atoms with Gasteiger partial charge in [0.05, 0.1) is 20.3 Å². The second kappa shape index (κ2) is 11.4. The predicted molar refractivity (Wildman–Crippen MR) is 105 cm³/mol. The first kappa shape index (κ1) is 21.0. The number of nitrogens with zero attached hydrogens (tertiary/aromatic N) is 1. The SMILES string of the molecule is CN=C(NCCCCC(=O)OC)NCc1ccc(C)cc1OC1CCOC1. The number of methoxy groups -OCH3 is 1. The van der Waals surface area contributed by atoms with Crippen molar-refractivity contribution in [3.63, 3.8) is 0 Å². The van der Waals surface area contributed by atoms with E-state index in [1.54, 1.807) is 7.05 Å². The Kier molecular flexibility index (Phi) is 8.91. The fourth-order valence-electron chi connectivity index (χ4n) is 2.81. The van der Waals surface area contributed by atoms with E-state index >= 15 is 0 Å². The van der Waals surface area contributed by atoms with Crippen molar-refractivity contribution in [1.82, 2.24) is 10.6 Å². The smallest absolute Gasteiger partial charge is 0.305 e. The number of carbonyl (C=O) groups is 1. The lowest BCUT2D eigenvalue weighted by Gasteiger charge is -2.18. The minimum absolute atomic E-state index is 0.123. The molecule has 150 valence electrons. The number of guanidine groups is 1. The van der Waals surface area contributed by atoms with Crippen LogP contribution in [0.2, 0.25) is 0 Å². The lowest BCUT2D eigenvalue weighted by atomic mass is 10.1. The summed E-state index contributed by atoms with van der Waals surface area (Å²) in [7, 11) is 3.15. The van der Waals surface area contributed by atoms with Gasteiger partial charge in [-0.3, -0.25) is 9.79 Å². The molecular weight excluding hydrogens is 346 g/mol. The third kappa shape index (κ3) is 7.46. The number of esters is 1. The van der Waals surface area contributed by atoms with E-state index in [1.165, 1.54) is 12.7 Å². The summed E-state index contributed by atoms with van der Waals surface area (Å²) in [6, 6.07) is 6.23. The molecule has 1 aromatic rings. The second-order valence-corrected chi connectivity index (χ2v) is 6.60. The van der Waals surface area contributed by atoms with Gasteiger partial charge in [-0.1, -0.05) is 12.1 Å². The monoisotopic (exact) mass is 377 g/mol. The van der Waals surface area contributed by atoms with Crippen molar-refractivity contribution in [1.29, 1.82) is 0 Å². The van der Waals surface area contributed by atoms with Crippen LogP contribution in [0.3, 0.4) is 0 Å². The Bertz CT molecular complexity index is 628. The van der Waals surface area contributed by atoms with Gasteiger partial charge in [0.1, 0.15) is 11.9 Å². The number of aliphatic imine (C=N–C) groups is 1. The normalized spacial score (nSPS) is 16.9. The van der Waals surface area contributed by atoms with Crippen LogP contribution in [0.25, 0.3) is 0 Å². The molecule has 1 fully saturated rings. The van der Waals surface area contributed by atoms with Gasteiger partial charge in [0.25, 0.3) is 0 Å². The molecule has 1 atom stereocenters. The van der Waals surface area contributed by atoms with Crippen LogP contribution in [-0.4, -0.2) is 51.9 Å². The molecule has 0 saturated carbocycles. The molecule has 0 radical (unpaired) electrons. The molecule has 1 unspecified atom stereocenters. The number of aryl methyl sites for hydroxylation is 1. The molecule has 1 saturated heterocycles. The molecule has 1 heterocycles. The Morgan fingerprint density at radius 2 is 2.19 bits per heavy atom. The van der Waals surface area contributed by atoms with Gasteiger partial charge < -0.3 is 24.8 Å². The molecule has 7 heteroatoms. The van der Waals surface area contributed by atoms with Crippen molar-refractivity contribution >= 4 is 11.9 Å². The van der Waals surface area contributed by atoms with Gasteiger partial charge in [-0.25, -0.2) is 0 Å². The van der Waals surface area contributed by atoms with Gasteiger partial charge in [0.15, 0.2) is 5.96 Å². The molecule has 1 aromatic carbocycles. The molecule has 1 aliphatic rings. The van der Waals surface area contributed by atoms with Gasteiger partial charge in [-0.2, -0.15) is 0 Å². The highest BCUT2D eigenvalue weighted by atomic mass is 16.5. The number of hydrogen-bond acceptors (Lipinski definition) is 5. The molecule has 2 N–H and O–H groups in total. The van der Waals surface area contributed by atoms with Gasteiger partial charge in [-0.05, 0) is 31.4 Å². The molecular formula is C20H31N3O4. The standard InChI is InChI=1S/C20H31N3O4/c1-15-7-8-16(18(12-15)27-17-9-11-26-14-17)13-23-20(21-2)22-10-5-4-6-19(24)25-3/h7-8,12,17H,4-6,9-11,13-14H2,1-3H3,(H2,21,22,23). The van der Waals surface area contributed by atoms with Crippen molar-refractivity contribution in [2.24, 2.45) is 4.99 Å². The summed E-state index contributed by atoms with van der Waals surface area (Å²) in [5.74, 6) is 1.45. The van der Waals surface area contributed by atoms with Crippen molar-refractivity contribution in [3.8, 4) is 5.75 Å². The largest absolute Gasteiger partial charge is 0.488 e. The van der Waals surface area contributed by atoms with Crippen LogP contribution in [0.1, 0.15) is 36.8 Å². The molecule has 1 aliphatic heterocycles. The summed E-state index contributed by atoms with van der Waals surface area (Å²) in [4.78, 5) is 15.4. The zero-order chi connectivity index (χ0) is 19.5. The summed E-state index contributed by atoms with van der Waals surface area (Å²) in [6.07, 6.45) is 3.15. The summed E-state index contributed by atoms with van der Waals surface area (Å²) in [6.45, 7) is 4.83. The van der Waals surface area contributed by atoms with E-state index in [0.29, 0.717) is 19.6 Å². The van der Waals surface area contributed by atoms with Crippen molar-refractivity contribution in [2.75, 3.05) is 33.9 Å². The Morgan fingerprint density at radius 3 is 2.89 bits per heavy atom. The second-order valence-electron chi connectivity index (χ2n) is 6.60. The molecule has 7 nitrogen and oxygen atoms in total. The molecule has 27 heavy (non-hydrogen) atoms. The lowest BCUT2D eigenvalue weighted by molar-refractivity contribution is -0.140. The van der Waals surface area contributed by atoms with Crippen LogP contribution in [0, 0.1) is 6.92 Å². The number of ether oxygens (including phenoxy) is 3. The summed E-state index contributed by atoms with van der Waals surface area (Å²) in [5, 5.41) is 6.58. The Morgan fingerprint density at radius 1 is 1.33 bits per heavy atom. The fraction of sp³-hybridized carbons (Fsp3) is 0.600. The summed E-state index contributed by atoms with van der Waals surface area (Å²) >= 11 is 0. The van der Waals surface area contributed by atoms with Crippen LogP contribution in [0.15, 0.2) is 23.2 Å². The molecule has 0 spiro atoms. The number of hydrogen-bond donors (Lipinski definition) is 2. The highest BCUT2D eigenvalue weighted by molar-refractivity contribution is 5.79. The van der Waals surface area contributed by atoms with Crippen molar-refractivity contribution in [3.05, 3.63) is 29.3 Å². The molecule has 0 aromatic heterocycles.